The summed E-state index contributed by atoms with van der Waals surface area (Å²) in [4.78, 5) is 12.4. The van der Waals surface area contributed by atoms with E-state index in [1.54, 1.807) is 14.0 Å². The number of carbonyl (C=O) groups excluding carboxylic acids is 1. The molecule has 0 amide bonds. The largest absolute Gasteiger partial charge is 0.497 e. The number of esters is 1. The van der Waals surface area contributed by atoms with Gasteiger partial charge in [0.05, 0.1) is 33.5 Å². The number of ether oxygens (including phenoxy) is 4. The number of aliphatic hydroxyl groups excluding tert-OH is 1. The molecule has 0 spiro atoms. The predicted molar refractivity (Wildman–Crippen MR) is 107 cm³/mol. The lowest BCUT2D eigenvalue weighted by molar-refractivity contribution is -0.151. The second-order valence-corrected chi connectivity index (χ2v) is 7.47. The van der Waals surface area contributed by atoms with Crippen LogP contribution in [0.2, 0.25) is 0 Å². The van der Waals surface area contributed by atoms with E-state index >= 15 is 0 Å². The summed E-state index contributed by atoms with van der Waals surface area (Å²) in [6.07, 6.45) is -1.10. The second-order valence-electron chi connectivity index (χ2n) is 7.47. The van der Waals surface area contributed by atoms with Gasteiger partial charge in [0, 0.05) is 6.42 Å². The van der Waals surface area contributed by atoms with Crippen molar-refractivity contribution in [2.24, 2.45) is 5.41 Å². The first-order chi connectivity index (χ1) is 14.0. The van der Waals surface area contributed by atoms with E-state index < -0.39 is 23.6 Å². The SMILES string of the molecule is COc1ccc(COCC[C@@H]2OC(=O)[C@@](C)(COCc3ccccc3)[C@@H]2O)cc1. The molecular weight excluding hydrogens is 372 g/mol. The van der Waals surface area contributed by atoms with Crippen LogP contribution in [0, 0.1) is 5.41 Å². The predicted octanol–water partition coefficient (Wildman–Crippen LogP) is 3.11. The third-order valence-corrected chi connectivity index (χ3v) is 5.22. The van der Waals surface area contributed by atoms with E-state index in [0.717, 1.165) is 16.9 Å². The summed E-state index contributed by atoms with van der Waals surface area (Å²) < 4.78 is 21.9. The first kappa shape index (κ1) is 21.3. The maximum absolute atomic E-state index is 12.4. The summed E-state index contributed by atoms with van der Waals surface area (Å²) in [5.41, 5.74) is 0.962. The average Bonchev–Trinajstić information content (AvgIpc) is 2.96. The van der Waals surface area contributed by atoms with Crippen molar-refractivity contribution in [1.29, 1.82) is 0 Å². The fraction of sp³-hybridized carbons (Fsp3) is 0.435. The summed E-state index contributed by atoms with van der Waals surface area (Å²) >= 11 is 0. The van der Waals surface area contributed by atoms with Crippen LogP contribution >= 0.6 is 0 Å². The fourth-order valence-corrected chi connectivity index (χ4v) is 3.30. The van der Waals surface area contributed by atoms with E-state index in [2.05, 4.69) is 0 Å². The first-order valence-electron chi connectivity index (χ1n) is 9.74. The molecule has 1 N–H and O–H groups in total. The number of cyclic esters (lactones) is 1. The first-order valence-corrected chi connectivity index (χ1v) is 9.74. The van der Waals surface area contributed by atoms with Crippen molar-refractivity contribution < 1.29 is 28.8 Å². The molecule has 1 aliphatic heterocycles. The Morgan fingerprint density at radius 3 is 2.34 bits per heavy atom. The zero-order chi connectivity index (χ0) is 20.7. The highest BCUT2D eigenvalue weighted by Crippen LogP contribution is 2.36. The Morgan fingerprint density at radius 1 is 1.00 bits per heavy atom. The molecule has 0 aromatic heterocycles. The van der Waals surface area contributed by atoms with Crippen molar-refractivity contribution in [3.05, 3.63) is 65.7 Å². The minimum Gasteiger partial charge on any atom is -0.497 e. The van der Waals surface area contributed by atoms with Crippen LogP contribution in [0.5, 0.6) is 5.75 Å². The lowest BCUT2D eigenvalue weighted by Crippen LogP contribution is -2.40. The highest BCUT2D eigenvalue weighted by Gasteiger charge is 2.53. The number of hydrogen-bond acceptors (Lipinski definition) is 6. The Morgan fingerprint density at radius 2 is 1.66 bits per heavy atom. The van der Waals surface area contributed by atoms with E-state index in [0.29, 0.717) is 26.2 Å². The zero-order valence-corrected chi connectivity index (χ0v) is 16.9. The van der Waals surface area contributed by atoms with Crippen LogP contribution < -0.4 is 4.74 Å². The van der Waals surface area contributed by atoms with E-state index in [4.69, 9.17) is 18.9 Å². The molecule has 3 atom stereocenters. The molecule has 6 nitrogen and oxygen atoms in total. The molecule has 0 bridgehead atoms. The van der Waals surface area contributed by atoms with Gasteiger partial charge in [-0.25, -0.2) is 0 Å². The molecule has 0 unspecified atom stereocenters. The summed E-state index contributed by atoms with van der Waals surface area (Å²) in [6, 6.07) is 17.3. The van der Waals surface area contributed by atoms with Gasteiger partial charge in [-0.1, -0.05) is 42.5 Å². The van der Waals surface area contributed by atoms with Crippen LogP contribution in [0.25, 0.3) is 0 Å². The van der Waals surface area contributed by atoms with Crippen molar-refractivity contribution in [2.75, 3.05) is 20.3 Å². The molecule has 0 radical (unpaired) electrons. The maximum Gasteiger partial charge on any atom is 0.317 e. The van der Waals surface area contributed by atoms with Gasteiger partial charge in [0.1, 0.15) is 23.4 Å². The van der Waals surface area contributed by atoms with E-state index in [1.165, 1.54) is 0 Å². The van der Waals surface area contributed by atoms with Gasteiger partial charge in [-0.3, -0.25) is 4.79 Å². The number of benzene rings is 2. The molecule has 1 aliphatic rings. The van der Waals surface area contributed by atoms with Crippen LogP contribution in [-0.2, 0) is 32.2 Å². The molecule has 1 saturated heterocycles. The lowest BCUT2D eigenvalue weighted by Gasteiger charge is -2.24. The number of hydrogen-bond donors (Lipinski definition) is 1. The molecule has 1 heterocycles. The van der Waals surface area contributed by atoms with Crippen molar-refractivity contribution in [1.82, 2.24) is 0 Å². The zero-order valence-electron chi connectivity index (χ0n) is 16.9. The van der Waals surface area contributed by atoms with Gasteiger partial charge >= 0.3 is 5.97 Å². The Balaban J connectivity index is 1.43. The minimum absolute atomic E-state index is 0.102. The molecule has 2 aromatic carbocycles. The summed E-state index contributed by atoms with van der Waals surface area (Å²) in [6.45, 7) is 2.99. The van der Waals surface area contributed by atoms with Crippen LogP contribution in [0.3, 0.4) is 0 Å². The van der Waals surface area contributed by atoms with Gasteiger partial charge in [0.15, 0.2) is 0 Å². The van der Waals surface area contributed by atoms with Crippen molar-refractivity contribution >= 4 is 5.97 Å². The number of aliphatic hydroxyl groups is 1. The van der Waals surface area contributed by atoms with Gasteiger partial charge in [-0.05, 0) is 30.2 Å². The third-order valence-electron chi connectivity index (χ3n) is 5.22. The Bertz CT molecular complexity index is 776. The number of rotatable bonds is 10. The summed E-state index contributed by atoms with van der Waals surface area (Å²) in [5.74, 6) is 0.363. The summed E-state index contributed by atoms with van der Waals surface area (Å²) in [7, 11) is 1.63. The van der Waals surface area contributed by atoms with E-state index in [-0.39, 0.29) is 6.61 Å². The number of carbonyl (C=O) groups is 1. The fourth-order valence-electron chi connectivity index (χ4n) is 3.30. The smallest absolute Gasteiger partial charge is 0.317 e. The average molecular weight is 400 g/mol. The highest BCUT2D eigenvalue weighted by atomic mass is 16.6. The molecule has 3 rings (SSSR count). The Hall–Kier alpha value is -2.41. The third kappa shape index (κ3) is 5.35. The molecule has 29 heavy (non-hydrogen) atoms. The monoisotopic (exact) mass is 400 g/mol. The van der Waals surface area contributed by atoms with E-state index in [1.807, 2.05) is 54.6 Å². The Kier molecular flexibility index (Phi) is 7.25. The second kappa shape index (κ2) is 9.87. The highest BCUT2D eigenvalue weighted by molar-refractivity contribution is 5.80. The topological polar surface area (TPSA) is 74.2 Å². The molecule has 0 aliphatic carbocycles. The Labute approximate surface area is 171 Å². The van der Waals surface area contributed by atoms with Crippen LogP contribution in [0.15, 0.2) is 54.6 Å². The van der Waals surface area contributed by atoms with Gasteiger partial charge in [0.25, 0.3) is 0 Å². The van der Waals surface area contributed by atoms with Crippen LogP contribution in [0.1, 0.15) is 24.5 Å². The van der Waals surface area contributed by atoms with Crippen LogP contribution in [-0.4, -0.2) is 43.6 Å². The van der Waals surface area contributed by atoms with Gasteiger partial charge in [-0.2, -0.15) is 0 Å². The lowest BCUT2D eigenvalue weighted by atomic mass is 9.84. The van der Waals surface area contributed by atoms with Gasteiger partial charge in [-0.15, -0.1) is 0 Å². The van der Waals surface area contributed by atoms with Crippen molar-refractivity contribution in [3.8, 4) is 5.75 Å². The number of methoxy groups -OCH3 is 1. The van der Waals surface area contributed by atoms with Crippen molar-refractivity contribution in [2.45, 2.75) is 38.8 Å². The van der Waals surface area contributed by atoms with Gasteiger partial charge < -0.3 is 24.1 Å². The molecule has 156 valence electrons. The minimum atomic E-state index is -1.07. The summed E-state index contributed by atoms with van der Waals surface area (Å²) in [5, 5.41) is 10.7. The van der Waals surface area contributed by atoms with Gasteiger partial charge in [0.2, 0.25) is 0 Å². The van der Waals surface area contributed by atoms with Crippen LogP contribution in [0.4, 0.5) is 0 Å². The normalized spacial score (nSPS) is 23.8. The molecule has 1 fully saturated rings. The van der Waals surface area contributed by atoms with E-state index in [9.17, 15) is 9.90 Å². The molecule has 0 saturated carbocycles. The quantitative estimate of drug-likeness (QED) is 0.488. The van der Waals surface area contributed by atoms with Crippen molar-refractivity contribution in [3.63, 3.8) is 0 Å². The standard InChI is InChI=1S/C23H28O6/c1-23(16-28-15-17-6-4-3-5-7-17)21(24)20(29-22(23)25)12-13-27-14-18-8-10-19(26-2)11-9-18/h3-11,20-21,24H,12-16H2,1-2H3/t20-,21+,23-/m0/s1. The maximum atomic E-state index is 12.4. The molecule has 2 aromatic rings. The molecule has 6 heteroatoms. The molecular formula is C23H28O6.